The average molecular weight is 289 g/mol. The van der Waals surface area contributed by atoms with Crippen LogP contribution in [0, 0.1) is 6.92 Å². The van der Waals surface area contributed by atoms with Crippen LogP contribution in [0.1, 0.15) is 28.5 Å². The van der Waals surface area contributed by atoms with E-state index < -0.39 is 0 Å². The van der Waals surface area contributed by atoms with Crippen molar-refractivity contribution in [2.75, 3.05) is 0 Å². The lowest BCUT2D eigenvalue weighted by Gasteiger charge is -2.14. The summed E-state index contributed by atoms with van der Waals surface area (Å²) in [5, 5.41) is 3.31. The molecule has 2 aromatic rings. The maximum Gasteiger partial charge on any atom is 0.251 e. The Kier molecular flexibility index (Phi) is 4.74. The predicted octanol–water partition coefficient (Wildman–Crippen LogP) is 3.40. The van der Waals surface area contributed by atoms with E-state index in [9.17, 15) is 4.79 Å². The van der Waals surface area contributed by atoms with E-state index in [4.69, 9.17) is 11.6 Å². The standard InChI is InChI=1S/C16H17ClN2O/c1-11(8-13-6-4-3-5-7-13)19-16(20)14-9-12(2)18-15(17)10-14/h3-7,9-11H,8H2,1-2H3,(H,19,20). The van der Waals surface area contributed by atoms with Crippen LogP contribution in [-0.4, -0.2) is 16.9 Å². The molecule has 0 radical (unpaired) electrons. The zero-order valence-corrected chi connectivity index (χ0v) is 12.3. The molecule has 2 rings (SSSR count). The molecular weight excluding hydrogens is 272 g/mol. The molecule has 0 bridgehead atoms. The van der Waals surface area contributed by atoms with Gasteiger partial charge in [-0.3, -0.25) is 4.79 Å². The minimum atomic E-state index is -0.124. The van der Waals surface area contributed by atoms with Crippen molar-refractivity contribution in [3.05, 3.63) is 64.4 Å². The van der Waals surface area contributed by atoms with Gasteiger partial charge in [-0.25, -0.2) is 4.98 Å². The summed E-state index contributed by atoms with van der Waals surface area (Å²) >= 11 is 5.87. The second-order valence-corrected chi connectivity index (χ2v) is 5.27. The van der Waals surface area contributed by atoms with E-state index in [-0.39, 0.29) is 11.9 Å². The third-order valence-electron chi connectivity index (χ3n) is 2.95. The molecule has 0 aliphatic carbocycles. The van der Waals surface area contributed by atoms with Crippen molar-refractivity contribution >= 4 is 17.5 Å². The summed E-state index contributed by atoms with van der Waals surface area (Å²) < 4.78 is 0. The number of hydrogen-bond donors (Lipinski definition) is 1. The summed E-state index contributed by atoms with van der Waals surface area (Å²) in [6, 6.07) is 13.4. The van der Waals surface area contributed by atoms with Crippen LogP contribution < -0.4 is 5.32 Å². The highest BCUT2D eigenvalue weighted by atomic mass is 35.5. The van der Waals surface area contributed by atoms with Gasteiger partial charge in [0.2, 0.25) is 0 Å². The largest absolute Gasteiger partial charge is 0.349 e. The number of benzene rings is 1. The highest BCUT2D eigenvalue weighted by Crippen LogP contribution is 2.11. The first-order chi connectivity index (χ1) is 9.54. The number of carbonyl (C=O) groups excluding carboxylic acids is 1. The van der Waals surface area contributed by atoms with Crippen molar-refractivity contribution in [2.45, 2.75) is 26.3 Å². The Hall–Kier alpha value is -1.87. The number of rotatable bonds is 4. The Balaban J connectivity index is 2.00. The molecule has 1 aromatic heterocycles. The van der Waals surface area contributed by atoms with E-state index in [1.807, 2.05) is 32.0 Å². The van der Waals surface area contributed by atoms with Crippen molar-refractivity contribution in [1.29, 1.82) is 0 Å². The van der Waals surface area contributed by atoms with Crippen LogP contribution in [0.5, 0.6) is 0 Å². The van der Waals surface area contributed by atoms with Gasteiger partial charge in [0.15, 0.2) is 0 Å². The Morgan fingerprint density at radius 2 is 2.00 bits per heavy atom. The fourth-order valence-corrected chi connectivity index (χ4v) is 2.34. The van der Waals surface area contributed by atoms with Gasteiger partial charge >= 0.3 is 0 Å². The summed E-state index contributed by atoms with van der Waals surface area (Å²) in [5.41, 5.74) is 2.48. The number of aromatic nitrogens is 1. The first-order valence-corrected chi connectivity index (χ1v) is 6.91. The summed E-state index contributed by atoms with van der Waals surface area (Å²) in [4.78, 5) is 16.2. The normalized spacial score (nSPS) is 11.9. The van der Waals surface area contributed by atoms with Gasteiger partial charge in [-0.1, -0.05) is 41.9 Å². The molecule has 1 unspecified atom stereocenters. The third-order valence-corrected chi connectivity index (χ3v) is 3.14. The van der Waals surface area contributed by atoms with Gasteiger partial charge in [0.1, 0.15) is 5.15 Å². The van der Waals surface area contributed by atoms with Crippen LogP contribution in [0.2, 0.25) is 5.15 Å². The summed E-state index contributed by atoms with van der Waals surface area (Å²) in [7, 11) is 0. The Bertz CT molecular complexity index is 578. The lowest BCUT2D eigenvalue weighted by molar-refractivity contribution is 0.0940. The molecule has 0 saturated carbocycles. The van der Waals surface area contributed by atoms with Crippen molar-refractivity contribution in [3.8, 4) is 0 Å². The van der Waals surface area contributed by atoms with Crippen LogP contribution in [0.15, 0.2) is 42.5 Å². The smallest absolute Gasteiger partial charge is 0.251 e. The monoisotopic (exact) mass is 288 g/mol. The SMILES string of the molecule is Cc1cc(C(=O)NC(C)Cc2ccccc2)cc(Cl)n1. The van der Waals surface area contributed by atoms with Gasteiger partial charge in [-0.2, -0.15) is 0 Å². The van der Waals surface area contributed by atoms with E-state index in [1.165, 1.54) is 5.56 Å². The van der Waals surface area contributed by atoms with Gasteiger partial charge in [-0.05, 0) is 38.0 Å². The number of pyridine rings is 1. The number of halogens is 1. The van der Waals surface area contributed by atoms with Gasteiger partial charge < -0.3 is 5.32 Å². The Morgan fingerprint density at radius 1 is 1.30 bits per heavy atom. The number of hydrogen-bond acceptors (Lipinski definition) is 2. The van der Waals surface area contributed by atoms with Gasteiger partial charge in [0.05, 0.1) is 0 Å². The van der Waals surface area contributed by atoms with Crippen molar-refractivity contribution < 1.29 is 4.79 Å². The van der Waals surface area contributed by atoms with Crippen molar-refractivity contribution in [3.63, 3.8) is 0 Å². The lowest BCUT2D eigenvalue weighted by Crippen LogP contribution is -2.34. The fraction of sp³-hybridized carbons (Fsp3) is 0.250. The second-order valence-electron chi connectivity index (χ2n) is 4.88. The average Bonchev–Trinajstić information content (AvgIpc) is 2.38. The molecule has 0 fully saturated rings. The molecule has 0 aliphatic rings. The highest BCUT2D eigenvalue weighted by molar-refractivity contribution is 6.29. The summed E-state index contributed by atoms with van der Waals surface area (Å²) in [6.45, 7) is 3.80. The molecule has 0 spiro atoms. The van der Waals surface area contributed by atoms with Crippen LogP contribution in [-0.2, 0) is 6.42 Å². The molecule has 1 N–H and O–H groups in total. The first kappa shape index (κ1) is 14.5. The van der Waals surface area contributed by atoms with E-state index in [1.54, 1.807) is 12.1 Å². The molecule has 1 aromatic carbocycles. The quantitative estimate of drug-likeness (QED) is 0.876. The van der Waals surface area contributed by atoms with E-state index in [2.05, 4.69) is 22.4 Å². The number of nitrogens with zero attached hydrogens (tertiary/aromatic N) is 1. The maximum absolute atomic E-state index is 12.2. The molecule has 20 heavy (non-hydrogen) atoms. The van der Waals surface area contributed by atoms with Crippen LogP contribution in [0.3, 0.4) is 0 Å². The molecule has 104 valence electrons. The van der Waals surface area contributed by atoms with E-state index >= 15 is 0 Å². The molecule has 3 nitrogen and oxygen atoms in total. The second kappa shape index (κ2) is 6.53. The summed E-state index contributed by atoms with van der Waals surface area (Å²) in [6.07, 6.45) is 0.796. The summed E-state index contributed by atoms with van der Waals surface area (Å²) in [5.74, 6) is -0.124. The van der Waals surface area contributed by atoms with Crippen LogP contribution in [0.4, 0.5) is 0 Å². The Labute approximate surface area is 124 Å². The molecule has 1 amide bonds. The topological polar surface area (TPSA) is 42.0 Å². The predicted molar refractivity (Wildman–Crippen MR) is 81.1 cm³/mol. The number of nitrogens with one attached hydrogen (secondary N) is 1. The molecule has 4 heteroatoms. The lowest BCUT2D eigenvalue weighted by atomic mass is 10.1. The van der Waals surface area contributed by atoms with Gasteiger partial charge in [-0.15, -0.1) is 0 Å². The van der Waals surface area contributed by atoms with Crippen LogP contribution >= 0.6 is 11.6 Å². The minimum absolute atomic E-state index is 0.0529. The number of aryl methyl sites for hydroxylation is 1. The van der Waals surface area contributed by atoms with Crippen LogP contribution in [0.25, 0.3) is 0 Å². The molecular formula is C16H17ClN2O. The number of amides is 1. The van der Waals surface area contributed by atoms with E-state index in [0.717, 1.165) is 12.1 Å². The third kappa shape index (κ3) is 4.07. The molecule has 1 heterocycles. The highest BCUT2D eigenvalue weighted by Gasteiger charge is 2.11. The zero-order valence-electron chi connectivity index (χ0n) is 11.6. The first-order valence-electron chi connectivity index (χ1n) is 6.53. The molecule has 0 saturated heterocycles. The van der Waals surface area contributed by atoms with Gasteiger partial charge in [0.25, 0.3) is 5.91 Å². The zero-order chi connectivity index (χ0) is 14.5. The van der Waals surface area contributed by atoms with Crippen molar-refractivity contribution in [2.24, 2.45) is 0 Å². The van der Waals surface area contributed by atoms with Gasteiger partial charge in [0, 0.05) is 17.3 Å². The Morgan fingerprint density at radius 3 is 2.65 bits per heavy atom. The maximum atomic E-state index is 12.2. The minimum Gasteiger partial charge on any atom is -0.349 e. The van der Waals surface area contributed by atoms with Crippen molar-refractivity contribution in [1.82, 2.24) is 10.3 Å². The van der Waals surface area contributed by atoms with E-state index in [0.29, 0.717) is 10.7 Å². The number of carbonyl (C=O) groups is 1. The molecule has 1 atom stereocenters. The molecule has 0 aliphatic heterocycles. The fourth-order valence-electron chi connectivity index (χ4n) is 2.08.